The fourth-order valence-electron chi connectivity index (χ4n) is 6.00. The minimum Gasteiger partial charge on any atom is -0.479 e. The Bertz CT molecular complexity index is 1110. The van der Waals surface area contributed by atoms with E-state index in [0.717, 1.165) is 24.8 Å². The predicted octanol–water partition coefficient (Wildman–Crippen LogP) is 5.84. The van der Waals surface area contributed by atoms with Crippen molar-refractivity contribution >= 4 is 17.7 Å². The first-order valence-electron chi connectivity index (χ1n) is 13.0. The lowest BCUT2D eigenvalue weighted by Gasteiger charge is -2.40. The molecule has 1 spiro atoms. The highest BCUT2D eigenvalue weighted by molar-refractivity contribution is 6.00. The lowest BCUT2D eigenvalue weighted by molar-refractivity contribution is -0.158. The van der Waals surface area contributed by atoms with Gasteiger partial charge in [0.15, 0.2) is 5.60 Å². The number of ketones is 1. The topological polar surface area (TPSA) is 78.9 Å². The van der Waals surface area contributed by atoms with Gasteiger partial charge in [-0.15, -0.1) is 0 Å². The molecule has 0 radical (unpaired) electrons. The number of allylic oxidation sites excluding steroid dienone is 6. The smallest absolute Gasteiger partial charge is 0.333 e. The van der Waals surface area contributed by atoms with Gasteiger partial charge in [-0.25, -0.2) is 4.79 Å². The molecule has 0 saturated carbocycles. The van der Waals surface area contributed by atoms with Gasteiger partial charge < -0.3 is 14.2 Å². The number of fused-ring (bicyclic) bond motifs is 4. The van der Waals surface area contributed by atoms with E-state index in [-0.39, 0.29) is 18.2 Å². The number of rotatable bonds is 5. The maximum atomic E-state index is 13.7. The third kappa shape index (κ3) is 4.74. The van der Waals surface area contributed by atoms with Gasteiger partial charge in [-0.3, -0.25) is 9.59 Å². The molecule has 5 atom stereocenters. The van der Waals surface area contributed by atoms with Crippen LogP contribution in [0.1, 0.15) is 80.1 Å². The van der Waals surface area contributed by atoms with Gasteiger partial charge in [-0.05, 0) is 85.3 Å². The summed E-state index contributed by atoms with van der Waals surface area (Å²) in [7, 11) is 0. The molecule has 1 fully saturated rings. The van der Waals surface area contributed by atoms with Gasteiger partial charge in [0.25, 0.3) is 0 Å². The maximum absolute atomic E-state index is 13.7. The molecule has 6 heteroatoms. The van der Waals surface area contributed by atoms with Gasteiger partial charge in [-0.1, -0.05) is 29.4 Å². The van der Waals surface area contributed by atoms with Gasteiger partial charge >= 0.3 is 11.9 Å². The van der Waals surface area contributed by atoms with Crippen molar-refractivity contribution in [1.82, 2.24) is 0 Å². The molecule has 4 aliphatic rings. The average molecular weight is 495 g/mol. The molecular formula is C30H38O6. The van der Waals surface area contributed by atoms with E-state index in [1.54, 1.807) is 26.8 Å². The van der Waals surface area contributed by atoms with Gasteiger partial charge in [0.05, 0.1) is 11.3 Å². The van der Waals surface area contributed by atoms with Crippen LogP contribution >= 0.6 is 0 Å². The van der Waals surface area contributed by atoms with E-state index >= 15 is 0 Å². The van der Waals surface area contributed by atoms with E-state index in [2.05, 4.69) is 26.0 Å². The second-order valence-electron chi connectivity index (χ2n) is 11.1. The van der Waals surface area contributed by atoms with Crippen LogP contribution < -0.4 is 0 Å². The highest BCUT2D eigenvalue weighted by Crippen LogP contribution is 2.55. The second-order valence-corrected chi connectivity index (χ2v) is 11.1. The fourth-order valence-corrected chi connectivity index (χ4v) is 6.00. The molecule has 3 heterocycles. The Morgan fingerprint density at radius 3 is 2.69 bits per heavy atom. The normalized spacial score (nSPS) is 35.2. The molecule has 194 valence electrons. The molecule has 0 aromatic heterocycles. The standard InChI is InChI=1S/C30H38O6/c1-7-19(4)27(32)34-24-17-29(6)25(31)15-22(36-29)20(5)14-23-26(24)30(28(33)35-23)13-9-12-21(16-30)11-8-10-18(2)3/h7,10,12,14-15,23-24,26H,8-9,11,13,16-17H2,1-6H3/b19-7-,20-14+/t23-,24-,26+,29+,30-/m0/s1. The second kappa shape index (κ2) is 9.87. The Labute approximate surface area is 214 Å². The Hall–Kier alpha value is -2.89. The van der Waals surface area contributed by atoms with Gasteiger partial charge in [-0.2, -0.15) is 0 Å². The zero-order valence-corrected chi connectivity index (χ0v) is 22.3. The van der Waals surface area contributed by atoms with Crippen molar-refractivity contribution in [1.29, 1.82) is 0 Å². The Morgan fingerprint density at radius 1 is 1.25 bits per heavy atom. The van der Waals surface area contributed by atoms with Crippen LogP contribution in [0.25, 0.3) is 0 Å². The summed E-state index contributed by atoms with van der Waals surface area (Å²) in [4.78, 5) is 39.7. The van der Waals surface area contributed by atoms with E-state index in [1.807, 2.05) is 13.0 Å². The fraction of sp³-hybridized carbons (Fsp3) is 0.567. The summed E-state index contributed by atoms with van der Waals surface area (Å²) < 4.78 is 18.3. The van der Waals surface area contributed by atoms with E-state index in [4.69, 9.17) is 14.2 Å². The number of carbonyl (C=O) groups is 3. The molecule has 4 rings (SSSR count). The van der Waals surface area contributed by atoms with Crippen molar-refractivity contribution in [2.24, 2.45) is 11.3 Å². The third-order valence-corrected chi connectivity index (χ3v) is 8.15. The monoisotopic (exact) mass is 494 g/mol. The van der Waals surface area contributed by atoms with Crippen LogP contribution in [0, 0.1) is 11.3 Å². The molecule has 6 nitrogen and oxygen atoms in total. The quantitative estimate of drug-likeness (QED) is 0.271. The average Bonchev–Trinajstić information content (AvgIpc) is 3.25. The molecule has 1 aliphatic carbocycles. The summed E-state index contributed by atoms with van der Waals surface area (Å²) in [5, 5.41) is 0. The van der Waals surface area contributed by atoms with Crippen LogP contribution in [0.5, 0.6) is 0 Å². The molecule has 3 aliphatic heterocycles. The molecular weight excluding hydrogens is 456 g/mol. The van der Waals surface area contributed by atoms with Crippen molar-refractivity contribution in [3.05, 3.63) is 58.4 Å². The molecule has 36 heavy (non-hydrogen) atoms. The van der Waals surface area contributed by atoms with Gasteiger partial charge in [0, 0.05) is 18.1 Å². The summed E-state index contributed by atoms with van der Waals surface area (Å²) in [6, 6.07) is 0. The van der Waals surface area contributed by atoms with Gasteiger partial charge in [0.1, 0.15) is 18.0 Å². The number of carbonyl (C=O) groups excluding carboxylic acids is 3. The van der Waals surface area contributed by atoms with E-state index in [1.165, 1.54) is 17.2 Å². The first kappa shape index (κ1) is 26.2. The first-order chi connectivity index (χ1) is 17.0. The molecule has 0 amide bonds. The number of esters is 2. The van der Waals surface area contributed by atoms with Crippen molar-refractivity contribution < 1.29 is 28.6 Å². The molecule has 0 N–H and O–H groups in total. The first-order valence-corrected chi connectivity index (χ1v) is 13.0. The SMILES string of the molecule is C/C=C(/C)C(=O)O[C@H]1C[C@@]2(C)OC(=CC2=O)/C(C)=C/[C@@H]2OC(=O)[C@]3(CCC=C(CCC=C(C)C)C3)[C@H]21. The minimum absolute atomic E-state index is 0.155. The summed E-state index contributed by atoms with van der Waals surface area (Å²) in [6.07, 6.45) is 12.1. The van der Waals surface area contributed by atoms with Crippen molar-refractivity contribution in [3.63, 3.8) is 0 Å². The number of hydrogen-bond donors (Lipinski definition) is 0. The third-order valence-electron chi connectivity index (χ3n) is 8.15. The van der Waals surface area contributed by atoms with Crippen LogP contribution in [-0.2, 0) is 28.6 Å². The Kier molecular flexibility index (Phi) is 7.18. The van der Waals surface area contributed by atoms with Crippen molar-refractivity contribution in [2.45, 2.75) is 97.9 Å². The zero-order chi connectivity index (χ0) is 26.3. The number of hydrogen-bond acceptors (Lipinski definition) is 6. The van der Waals surface area contributed by atoms with Crippen LogP contribution in [-0.4, -0.2) is 35.5 Å². The van der Waals surface area contributed by atoms with E-state index < -0.39 is 35.1 Å². The Morgan fingerprint density at radius 2 is 2.00 bits per heavy atom. The highest BCUT2D eigenvalue weighted by atomic mass is 16.6. The molecule has 1 saturated heterocycles. The molecule has 2 bridgehead atoms. The molecule has 0 aromatic rings. The van der Waals surface area contributed by atoms with Crippen molar-refractivity contribution in [2.75, 3.05) is 0 Å². The van der Waals surface area contributed by atoms with E-state index in [9.17, 15) is 14.4 Å². The van der Waals surface area contributed by atoms with Crippen LogP contribution in [0.3, 0.4) is 0 Å². The lowest BCUT2D eigenvalue weighted by atomic mass is 9.62. The Balaban J connectivity index is 1.77. The predicted molar refractivity (Wildman–Crippen MR) is 137 cm³/mol. The van der Waals surface area contributed by atoms with E-state index in [0.29, 0.717) is 24.2 Å². The summed E-state index contributed by atoms with van der Waals surface area (Å²) in [5.41, 5.74) is 1.74. The summed E-state index contributed by atoms with van der Waals surface area (Å²) >= 11 is 0. The van der Waals surface area contributed by atoms with Crippen molar-refractivity contribution in [3.8, 4) is 0 Å². The summed E-state index contributed by atoms with van der Waals surface area (Å²) in [5.74, 6) is -0.780. The lowest BCUT2D eigenvalue weighted by Crippen LogP contribution is -2.48. The van der Waals surface area contributed by atoms with Gasteiger partial charge in [0.2, 0.25) is 5.78 Å². The highest BCUT2D eigenvalue weighted by Gasteiger charge is 2.62. The number of ether oxygens (including phenoxy) is 3. The molecule has 0 unspecified atom stereocenters. The largest absolute Gasteiger partial charge is 0.479 e. The summed E-state index contributed by atoms with van der Waals surface area (Å²) in [6.45, 7) is 11.3. The maximum Gasteiger partial charge on any atom is 0.333 e. The van der Waals surface area contributed by atoms with Crippen LogP contribution in [0.2, 0.25) is 0 Å². The molecule has 0 aromatic carbocycles. The minimum atomic E-state index is -1.17. The van der Waals surface area contributed by atoms with Crippen LogP contribution in [0.15, 0.2) is 58.4 Å². The zero-order valence-electron chi connectivity index (χ0n) is 22.3. The van der Waals surface area contributed by atoms with Crippen LogP contribution in [0.4, 0.5) is 0 Å².